The number of likely N-dealkylation sites (tertiary alicyclic amines) is 1. The molecule has 6 nitrogen and oxygen atoms in total. The number of nitrogens with zero attached hydrogens (tertiary/aromatic N) is 3. The molecular formula is C24H28N4O2. The number of benzene rings is 2. The Balaban J connectivity index is 1.46. The summed E-state index contributed by atoms with van der Waals surface area (Å²) < 4.78 is 0. The number of amides is 2. The maximum Gasteiger partial charge on any atom is 0.254 e. The fourth-order valence-corrected chi connectivity index (χ4v) is 4.18. The third-order valence-electron chi connectivity index (χ3n) is 5.82. The summed E-state index contributed by atoms with van der Waals surface area (Å²) in [6.45, 7) is 3.82. The van der Waals surface area contributed by atoms with Gasteiger partial charge in [0.05, 0.1) is 11.0 Å². The lowest BCUT2D eigenvalue weighted by Gasteiger charge is -2.37. The zero-order valence-corrected chi connectivity index (χ0v) is 17.4. The molecule has 0 radical (unpaired) electrons. The van der Waals surface area contributed by atoms with Crippen LogP contribution in [-0.2, 0) is 11.2 Å². The number of imidazole rings is 1. The highest BCUT2D eigenvalue weighted by atomic mass is 16.2. The number of aromatic amines is 1. The average Bonchev–Trinajstić information content (AvgIpc) is 3.22. The molecule has 1 saturated heterocycles. The number of carbonyl (C=O) groups excluding carboxylic acids is 2. The third kappa shape index (κ3) is 4.22. The van der Waals surface area contributed by atoms with Gasteiger partial charge in [-0.1, -0.05) is 30.3 Å². The predicted molar refractivity (Wildman–Crippen MR) is 117 cm³/mol. The monoisotopic (exact) mass is 404 g/mol. The van der Waals surface area contributed by atoms with Crippen LogP contribution in [0.5, 0.6) is 0 Å². The molecule has 30 heavy (non-hydrogen) atoms. The van der Waals surface area contributed by atoms with E-state index in [-0.39, 0.29) is 17.9 Å². The van der Waals surface area contributed by atoms with Crippen LogP contribution in [0.3, 0.4) is 0 Å². The van der Waals surface area contributed by atoms with Gasteiger partial charge in [-0.3, -0.25) is 9.59 Å². The summed E-state index contributed by atoms with van der Waals surface area (Å²) in [6, 6.07) is 16.8. The van der Waals surface area contributed by atoms with Gasteiger partial charge >= 0.3 is 0 Å². The fourth-order valence-electron chi connectivity index (χ4n) is 4.18. The Morgan fingerprint density at radius 3 is 2.63 bits per heavy atom. The largest absolute Gasteiger partial charge is 0.342 e. The molecule has 0 spiro atoms. The number of aromatic nitrogens is 2. The van der Waals surface area contributed by atoms with Crippen LogP contribution in [0.4, 0.5) is 0 Å². The number of para-hydroxylation sites is 2. The minimum absolute atomic E-state index is 0.0394. The molecule has 0 aliphatic carbocycles. The van der Waals surface area contributed by atoms with Crippen LogP contribution in [0.25, 0.3) is 11.0 Å². The van der Waals surface area contributed by atoms with E-state index in [1.807, 2.05) is 66.4 Å². The van der Waals surface area contributed by atoms with Gasteiger partial charge in [0, 0.05) is 31.6 Å². The van der Waals surface area contributed by atoms with Gasteiger partial charge in [0.15, 0.2) is 0 Å². The second kappa shape index (κ2) is 9.11. The maximum absolute atomic E-state index is 13.4. The first-order valence-corrected chi connectivity index (χ1v) is 10.8. The number of fused-ring (bicyclic) bond motifs is 1. The molecule has 1 aromatic heterocycles. The topological polar surface area (TPSA) is 69.3 Å². The van der Waals surface area contributed by atoms with Crippen LogP contribution < -0.4 is 0 Å². The molecule has 1 unspecified atom stereocenters. The maximum atomic E-state index is 13.4. The Morgan fingerprint density at radius 2 is 1.87 bits per heavy atom. The first kappa shape index (κ1) is 20.1. The number of piperidine rings is 1. The molecule has 2 amide bonds. The Hall–Kier alpha value is -3.15. The van der Waals surface area contributed by atoms with Gasteiger partial charge in [-0.05, 0) is 50.5 Å². The van der Waals surface area contributed by atoms with Gasteiger partial charge in [0.2, 0.25) is 5.91 Å². The minimum atomic E-state index is -0.387. The number of rotatable bonds is 6. The van der Waals surface area contributed by atoms with Crippen molar-refractivity contribution in [1.82, 2.24) is 19.8 Å². The fraction of sp³-hybridized carbons (Fsp3) is 0.375. The van der Waals surface area contributed by atoms with Crippen molar-refractivity contribution in [3.8, 4) is 0 Å². The molecule has 1 fully saturated rings. The number of hydrogen-bond acceptors (Lipinski definition) is 3. The van der Waals surface area contributed by atoms with E-state index in [9.17, 15) is 9.59 Å². The summed E-state index contributed by atoms with van der Waals surface area (Å²) in [5, 5.41) is 0. The Kier molecular flexibility index (Phi) is 6.12. The highest BCUT2D eigenvalue weighted by Gasteiger charge is 2.34. The first-order chi connectivity index (χ1) is 14.7. The molecule has 2 heterocycles. The second-order valence-electron chi connectivity index (χ2n) is 7.74. The van der Waals surface area contributed by atoms with Crippen molar-refractivity contribution in [2.75, 3.05) is 19.6 Å². The van der Waals surface area contributed by atoms with Crippen LogP contribution in [0, 0.1) is 0 Å². The van der Waals surface area contributed by atoms with Gasteiger partial charge in [0.1, 0.15) is 11.9 Å². The first-order valence-electron chi connectivity index (χ1n) is 10.8. The van der Waals surface area contributed by atoms with Gasteiger partial charge in [-0.25, -0.2) is 4.98 Å². The lowest BCUT2D eigenvalue weighted by Crippen LogP contribution is -2.53. The lowest BCUT2D eigenvalue weighted by molar-refractivity contribution is -0.137. The number of likely N-dealkylation sites (N-methyl/N-ethyl adjacent to an activating group) is 1. The molecule has 156 valence electrons. The zero-order valence-electron chi connectivity index (χ0n) is 17.4. The summed E-state index contributed by atoms with van der Waals surface area (Å²) in [6.07, 6.45) is 3.29. The molecule has 1 aliphatic heterocycles. The summed E-state index contributed by atoms with van der Waals surface area (Å²) in [5.74, 6) is 0.864. The van der Waals surface area contributed by atoms with Crippen LogP contribution in [0.1, 0.15) is 42.4 Å². The molecule has 3 aromatic rings. The van der Waals surface area contributed by atoms with E-state index in [1.54, 1.807) is 4.90 Å². The van der Waals surface area contributed by atoms with Crippen LogP contribution in [0.15, 0.2) is 54.6 Å². The van der Waals surface area contributed by atoms with E-state index < -0.39 is 0 Å². The quantitative estimate of drug-likeness (QED) is 0.682. The van der Waals surface area contributed by atoms with Crippen molar-refractivity contribution < 1.29 is 9.59 Å². The molecule has 6 heteroatoms. The van der Waals surface area contributed by atoms with E-state index in [4.69, 9.17) is 0 Å². The minimum Gasteiger partial charge on any atom is -0.342 e. The van der Waals surface area contributed by atoms with Crippen molar-refractivity contribution in [3.63, 3.8) is 0 Å². The molecule has 0 bridgehead atoms. The van der Waals surface area contributed by atoms with E-state index in [2.05, 4.69) is 9.97 Å². The van der Waals surface area contributed by atoms with E-state index in [0.29, 0.717) is 31.6 Å². The molecule has 2 aromatic carbocycles. The highest BCUT2D eigenvalue weighted by molar-refractivity contribution is 5.97. The number of H-pyrrole nitrogens is 1. The Morgan fingerprint density at radius 1 is 1.10 bits per heavy atom. The SMILES string of the molecule is CCN(CCc1nc2ccccc2[nH]1)C(=O)C1CCCCN1C(=O)c1ccccc1. The summed E-state index contributed by atoms with van der Waals surface area (Å²) in [5.41, 5.74) is 2.59. The third-order valence-corrected chi connectivity index (χ3v) is 5.82. The average molecular weight is 405 g/mol. The van der Waals surface area contributed by atoms with E-state index >= 15 is 0 Å². The lowest BCUT2D eigenvalue weighted by atomic mass is 9.99. The standard InChI is InChI=1S/C24H28N4O2/c1-2-27(17-15-22-25-19-12-6-7-13-20(19)26-22)24(30)21-14-8-9-16-28(21)23(29)18-10-4-3-5-11-18/h3-7,10-13,21H,2,8-9,14-17H2,1H3,(H,25,26). The summed E-state index contributed by atoms with van der Waals surface area (Å²) >= 11 is 0. The Labute approximate surface area is 176 Å². The van der Waals surface area contributed by atoms with Crippen LogP contribution in [0.2, 0.25) is 0 Å². The summed E-state index contributed by atoms with van der Waals surface area (Å²) in [4.78, 5) is 38.0. The highest BCUT2D eigenvalue weighted by Crippen LogP contribution is 2.22. The van der Waals surface area contributed by atoms with Crippen LogP contribution >= 0.6 is 0 Å². The van der Waals surface area contributed by atoms with Crippen LogP contribution in [-0.4, -0.2) is 57.3 Å². The van der Waals surface area contributed by atoms with Crippen molar-refractivity contribution in [2.45, 2.75) is 38.6 Å². The Bertz CT molecular complexity index is 981. The summed E-state index contributed by atoms with van der Waals surface area (Å²) in [7, 11) is 0. The smallest absolute Gasteiger partial charge is 0.254 e. The van der Waals surface area contributed by atoms with Crippen molar-refractivity contribution in [3.05, 3.63) is 66.0 Å². The van der Waals surface area contributed by atoms with E-state index in [0.717, 1.165) is 36.1 Å². The van der Waals surface area contributed by atoms with Gasteiger partial charge in [-0.15, -0.1) is 0 Å². The van der Waals surface area contributed by atoms with Gasteiger partial charge in [-0.2, -0.15) is 0 Å². The molecule has 1 atom stereocenters. The molecule has 1 aliphatic rings. The van der Waals surface area contributed by atoms with E-state index in [1.165, 1.54) is 0 Å². The van der Waals surface area contributed by atoms with Crippen molar-refractivity contribution in [2.24, 2.45) is 0 Å². The van der Waals surface area contributed by atoms with Crippen molar-refractivity contribution >= 4 is 22.8 Å². The molecule has 4 rings (SSSR count). The molecular weight excluding hydrogens is 376 g/mol. The number of hydrogen-bond donors (Lipinski definition) is 1. The normalized spacial score (nSPS) is 16.6. The second-order valence-corrected chi connectivity index (χ2v) is 7.74. The van der Waals surface area contributed by atoms with Gasteiger partial charge < -0.3 is 14.8 Å². The van der Waals surface area contributed by atoms with Gasteiger partial charge in [0.25, 0.3) is 5.91 Å². The zero-order chi connectivity index (χ0) is 20.9. The molecule has 1 N–H and O–H groups in total. The number of nitrogens with one attached hydrogen (secondary N) is 1. The van der Waals surface area contributed by atoms with Crippen molar-refractivity contribution in [1.29, 1.82) is 0 Å². The predicted octanol–water partition coefficient (Wildman–Crippen LogP) is 3.65. The molecule has 0 saturated carbocycles. The number of carbonyl (C=O) groups is 2.